The van der Waals surface area contributed by atoms with E-state index in [2.05, 4.69) is 0 Å². The standard InChI is InChI=1S/C11H8F3NO/c1-2-6(5-15)11(16)7-3-8(12)10(14)9(13)4-7/h3-4,6H,2H2,1H3. The number of hydrogen-bond acceptors (Lipinski definition) is 2. The van der Waals surface area contributed by atoms with E-state index in [1.807, 2.05) is 0 Å². The van der Waals surface area contributed by atoms with Crippen LogP contribution in [-0.2, 0) is 0 Å². The van der Waals surface area contributed by atoms with Crippen LogP contribution in [0.5, 0.6) is 0 Å². The van der Waals surface area contributed by atoms with Crippen molar-refractivity contribution in [2.24, 2.45) is 5.92 Å². The molecule has 0 aliphatic heterocycles. The Morgan fingerprint density at radius 1 is 1.38 bits per heavy atom. The van der Waals surface area contributed by atoms with Gasteiger partial charge in [-0.05, 0) is 18.6 Å². The van der Waals surface area contributed by atoms with Crippen molar-refractivity contribution in [2.75, 3.05) is 0 Å². The van der Waals surface area contributed by atoms with Crippen LogP contribution in [0.3, 0.4) is 0 Å². The molecule has 0 bridgehead atoms. The Kier molecular flexibility index (Phi) is 3.67. The van der Waals surface area contributed by atoms with Gasteiger partial charge in [-0.15, -0.1) is 0 Å². The molecule has 0 amide bonds. The number of carbonyl (C=O) groups excluding carboxylic acids is 1. The molecule has 84 valence electrons. The Balaban J connectivity index is 3.16. The minimum atomic E-state index is -1.62. The summed E-state index contributed by atoms with van der Waals surface area (Å²) >= 11 is 0. The molecule has 0 spiro atoms. The lowest BCUT2D eigenvalue weighted by Crippen LogP contribution is -2.13. The van der Waals surface area contributed by atoms with Crippen LogP contribution < -0.4 is 0 Å². The Morgan fingerprint density at radius 3 is 2.25 bits per heavy atom. The highest BCUT2D eigenvalue weighted by molar-refractivity contribution is 5.99. The molecular weight excluding hydrogens is 219 g/mol. The molecule has 5 heteroatoms. The van der Waals surface area contributed by atoms with Crippen molar-refractivity contribution in [2.45, 2.75) is 13.3 Å². The minimum absolute atomic E-state index is 0.232. The molecule has 0 fully saturated rings. The van der Waals surface area contributed by atoms with Gasteiger partial charge in [0, 0.05) is 5.56 Å². The molecule has 2 nitrogen and oxygen atoms in total. The van der Waals surface area contributed by atoms with Crippen LogP contribution in [0.4, 0.5) is 13.2 Å². The highest BCUT2D eigenvalue weighted by atomic mass is 19.2. The Morgan fingerprint density at radius 2 is 1.88 bits per heavy atom. The summed E-state index contributed by atoms with van der Waals surface area (Å²) in [5.41, 5.74) is -0.329. The van der Waals surface area contributed by atoms with Crippen LogP contribution in [0.2, 0.25) is 0 Å². The molecule has 1 atom stereocenters. The zero-order chi connectivity index (χ0) is 12.3. The van der Waals surface area contributed by atoms with Gasteiger partial charge in [-0.25, -0.2) is 13.2 Å². The lowest BCUT2D eigenvalue weighted by atomic mass is 9.96. The van der Waals surface area contributed by atoms with Gasteiger partial charge in [0.15, 0.2) is 23.2 Å². The molecule has 0 aliphatic rings. The molecule has 0 saturated carbocycles. The van der Waals surface area contributed by atoms with Crippen molar-refractivity contribution in [1.29, 1.82) is 5.26 Å². The van der Waals surface area contributed by atoms with Crippen molar-refractivity contribution in [3.63, 3.8) is 0 Å². The third-order valence-corrected chi connectivity index (χ3v) is 2.15. The van der Waals surface area contributed by atoms with Gasteiger partial charge in [-0.3, -0.25) is 4.79 Å². The number of carbonyl (C=O) groups is 1. The first kappa shape index (κ1) is 12.2. The average Bonchev–Trinajstić information content (AvgIpc) is 2.26. The molecular formula is C11H8F3NO. The second-order valence-electron chi connectivity index (χ2n) is 3.21. The number of benzene rings is 1. The van der Waals surface area contributed by atoms with Gasteiger partial charge in [0.2, 0.25) is 0 Å². The average molecular weight is 227 g/mol. The maximum Gasteiger partial charge on any atom is 0.194 e. The minimum Gasteiger partial charge on any atom is -0.293 e. The molecule has 16 heavy (non-hydrogen) atoms. The van der Waals surface area contributed by atoms with Crippen LogP contribution in [0, 0.1) is 34.7 Å². The molecule has 0 aromatic heterocycles. The van der Waals surface area contributed by atoms with E-state index in [0.29, 0.717) is 12.1 Å². The van der Waals surface area contributed by atoms with Gasteiger partial charge in [0.1, 0.15) is 5.92 Å². The second-order valence-corrected chi connectivity index (χ2v) is 3.21. The molecule has 0 saturated heterocycles. The smallest absolute Gasteiger partial charge is 0.194 e. The number of nitrogens with zero attached hydrogens (tertiary/aromatic N) is 1. The van der Waals surface area contributed by atoms with Gasteiger partial charge >= 0.3 is 0 Å². The summed E-state index contributed by atoms with van der Waals surface area (Å²) in [6.07, 6.45) is 0.232. The topological polar surface area (TPSA) is 40.9 Å². The van der Waals surface area contributed by atoms with Crippen LogP contribution >= 0.6 is 0 Å². The van der Waals surface area contributed by atoms with Crippen molar-refractivity contribution >= 4 is 5.78 Å². The Labute approximate surface area is 90.3 Å². The molecule has 0 aliphatic carbocycles. The van der Waals surface area contributed by atoms with Gasteiger partial charge in [-0.1, -0.05) is 6.92 Å². The molecule has 1 unspecified atom stereocenters. The molecule has 1 aromatic carbocycles. The monoisotopic (exact) mass is 227 g/mol. The first-order valence-corrected chi connectivity index (χ1v) is 4.59. The summed E-state index contributed by atoms with van der Waals surface area (Å²) in [5, 5.41) is 8.62. The maximum absolute atomic E-state index is 12.8. The van der Waals surface area contributed by atoms with Crippen molar-refractivity contribution in [3.8, 4) is 6.07 Å². The maximum atomic E-state index is 12.8. The number of nitriles is 1. The number of ketones is 1. The molecule has 0 N–H and O–H groups in total. The fourth-order valence-electron chi connectivity index (χ4n) is 1.23. The fourth-order valence-corrected chi connectivity index (χ4v) is 1.23. The second kappa shape index (κ2) is 4.79. The highest BCUT2D eigenvalue weighted by Gasteiger charge is 2.21. The summed E-state index contributed by atoms with van der Waals surface area (Å²) in [6, 6.07) is 2.91. The van der Waals surface area contributed by atoms with E-state index >= 15 is 0 Å². The number of rotatable bonds is 3. The predicted octanol–water partition coefficient (Wildman–Crippen LogP) is 2.84. The Bertz CT molecular complexity index is 442. The van der Waals surface area contributed by atoms with E-state index < -0.39 is 29.2 Å². The quantitative estimate of drug-likeness (QED) is 0.588. The number of hydrogen-bond donors (Lipinski definition) is 0. The normalized spacial score (nSPS) is 11.9. The van der Waals surface area contributed by atoms with E-state index in [1.54, 1.807) is 13.0 Å². The van der Waals surface area contributed by atoms with Crippen molar-refractivity contribution in [1.82, 2.24) is 0 Å². The van der Waals surface area contributed by atoms with Crippen molar-refractivity contribution < 1.29 is 18.0 Å². The number of Topliss-reactive ketones (excluding diaryl/α,β-unsaturated/α-hetero) is 1. The van der Waals surface area contributed by atoms with Gasteiger partial charge < -0.3 is 0 Å². The third kappa shape index (κ3) is 2.22. The largest absolute Gasteiger partial charge is 0.293 e. The van der Waals surface area contributed by atoms with Crippen molar-refractivity contribution in [3.05, 3.63) is 35.1 Å². The van der Waals surface area contributed by atoms with E-state index in [1.165, 1.54) is 0 Å². The lowest BCUT2D eigenvalue weighted by molar-refractivity contribution is 0.0945. The highest BCUT2D eigenvalue weighted by Crippen LogP contribution is 2.17. The van der Waals surface area contributed by atoms with Crippen LogP contribution in [0.25, 0.3) is 0 Å². The summed E-state index contributed by atoms with van der Waals surface area (Å²) in [7, 11) is 0. The predicted molar refractivity (Wildman–Crippen MR) is 50.0 cm³/mol. The first-order valence-electron chi connectivity index (χ1n) is 4.59. The summed E-state index contributed by atoms with van der Waals surface area (Å²) in [4.78, 5) is 11.5. The summed E-state index contributed by atoms with van der Waals surface area (Å²) in [5.74, 6) is -6.17. The van der Waals surface area contributed by atoms with E-state index in [4.69, 9.17) is 5.26 Å². The van der Waals surface area contributed by atoms with Gasteiger partial charge in [-0.2, -0.15) is 5.26 Å². The van der Waals surface area contributed by atoms with Crippen LogP contribution in [0.15, 0.2) is 12.1 Å². The zero-order valence-corrected chi connectivity index (χ0v) is 8.43. The van der Waals surface area contributed by atoms with E-state index in [9.17, 15) is 18.0 Å². The fraction of sp³-hybridized carbons (Fsp3) is 0.273. The lowest BCUT2D eigenvalue weighted by Gasteiger charge is -2.05. The molecule has 1 rings (SSSR count). The van der Waals surface area contributed by atoms with Gasteiger partial charge in [0.25, 0.3) is 0 Å². The third-order valence-electron chi connectivity index (χ3n) is 2.15. The molecule has 0 heterocycles. The summed E-state index contributed by atoms with van der Waals surface area (Å²) < 4.78 is 38.3. The molecule has 0 radical (unpaired) electrons. The van der Waals surface area contributed by atoms with E-state index in [0.717, 1.165) is 0 Å². The Hall–Kier alpha value is -1.83. The zero-order valence-electron chi connectivity index (χ0n) is 8.43. The van der Waals surface area contributed by atoms with E-state index in [-0.39, 0.29) is 12.0 Å². The molecule has 1 aromatic rings. The first-order chi connectivity index (χ1) is 7.51. The van der Waals surface area contributed by atoms with Crippen LogP contribution in [-0.4, -0.2) is 5.78 Å². The van der Waals surface area contributed by atoms with Gasteiger partial charge in [0.05, 0.1) is 6.07 Å². The van der Waals surface area contributed by atoms with Crippen LogP contribution in [0.1, 0.15) is 23.7 Å². The SMILES string of the molecule is CCC(C#N)C(=O)c1cc(F)c(F)c(F)c1. The summed E-state index contributed by atoms with van der Waals surface area (Å²) in [6.45, 7) is 1.60. The number of halogens is 3.